The summed E-state index contributed by atoms with van der Waals surface area (Å²) in [7, 11) is 0. The molecule has 0 N–H and O–H groups in total. The minimum atomic E-state index is 0.907. The fourth-order valence-electron chi connectivity index (χ4n) is 3.22. The van der Waals surface area contributed by atoms with Gasteiger partial charge in [-0.25, -0.2) is 0 Å². The zero-order valence-electron chi connectivity index (χ0n) is 10.9. The topological polar surface area (TPSA) is 3.24 Å². The molecule has 0 radical (unpaired) electrons. The Hall–Kier alpha value is -0.460. The summed E-state index contributed by atoms with van der Waals surface area (Å²) >= 11 is 0. The summed E-state index contributed by atoms with van der Waals surface area (Å²) in [4.78, 5) is 2.70. The van der Waals surface area contributed by atoms with Gasteiger partial charge in [-0.3, -0.25) is 0 Å². The first-order chi connectivity index (χ1) is 7.92. The number of unbranched alkanes of at least 4 members (excludes halogenated alkanes) is 1. The minimum Gasteiger partial charge on any atom is -0.375 e. The predicted molar refractivity (Wildman–Crippen MR) is 70.4 cm³/mol. The van der Waals surface area contributed by atoms with Gasteiger partial charge in [-0.15, -0.1) is 0 Å². The first-order valence-electron chi connectivity index (χ1n) is 7.37. The molecule has 0 aromatic heterocycles. The van der Waals surface area contributed by atoms with Gasteiger partial charge in [-0.05, 0) is 44.4 Å². The van der Waals surface area contributed by atoms with E-state index in [0.717, 1.165) is 5.92 Å². The quantitative estimate of drug-likeness (QED) is 0.682. The molecule has 1 saturated carbocycles. The van der Waals surface area contributed by atoms with Crippen molar-refractivity contribution in [3.63, 3.8) is 0 Å². The summed E-state index contributed by atoms with van der Waals surface area (Å²) < 4.78 is 0. The standard InChI is InChI=1S/C15H27N/c1-2-3-11-15(14-9-5-6-10-14)16-12-7-4-8-13-16/h11,14H,2-10,12-13H2,1H3/b15-11-. The number of nitrogens with zero attached hydrogens (tertiary/aromatic N) is 1. The maximum absolute atomic E-state index is 2.70. The lowest BCUT2D eigenvalue weighted by Gasteiger charge is -2.34. The van der Waals surface area contributed by atoms with Gasteiger partial charge in [-0.2, -0.15) is 0 Å². The molecule has 1 heteroatoms. The molecule has 1 nitrogen and oxygen atoms in total. The van der Waals surface area contributed by atoms with E-state index in [0.29, 0.717) is 0 Å². The molecule has 2 fully saturated rings. The van der Waals surface area contributed by atoms with Crippen molar-refractivity contribution in [1.29, 1.82) is 0 Å². The van der Waals surface area contributed by atoms with Crippen LogP contribution in [0.15, 0.2) is 11.8 Å². The number of likely N-dealkylation sites (tertiary alicyclic amines) is 1. The highest BCUT2D eigenvalue weighted by Crippen LogP contribution is 2.34. The minimum absolute atomic E-state index is 0.907. The molecule has 1 aliphatic carbocycles. The van der Waals surface area contributed by atoms with Crippen molar-refractivity contribution < 1.29 is 0 Å². The lowest BCUT2D eigenvalue weighted by atomic mass is 9.98. The average molecular weight is 221 g/mol. The van der Waals surface area contributed by atoms with Crippen LogP contribution in [0.1, 0.15) is 64.7 Å². The van der Waals surface area contributed by atoms with Crippen LogP contribution in [0, 0.1) is 5.92 Å². The van der Waals surface area contributed by atoms with Crippen LogP contribution in [-0.4, -0.2) is 18.0 Å². The molecule has 0 bridgehead atoms. The van der Waals surface area contributed by atoms with E-state index in [2.05, 4.69) is 17.9 Å². The molecule has 1 aliphatic heterocycles. The first kappa shape index (κ1) is 12.0. The first-order valence-corrected chi connectivity index (χ1v) is 7.37. The highest BCUT2D eigenvalue weighted by molar-refractivity contribution is 5.08. The van der Waals surface area contributed by atoms with Crippen LogP contribution in [0.3, 0.4) is 0 Å². The Bertz CT molecular complexity index is 220. The lowest BCUT2D eigenvalue weighted by molar-refractivity contribution is 0.254. The smallest absolute Gasteiger partial charge is 0.0175 e. The molecule has 2 aliphatic rings. The van der Waals surface area contributed by atoms with Crippen LogP contribution in [0.4, 0.5) is 0 Å². The van der Waals surface area contributed by atoms with E-state index in [1.165, 1.54) is 70.9 Å². The molecule has 0 aromatic rings. The third kappa shape index (κ3) is 3.02. The molecule has 2 rings (SSSR count). The van der Waals surface area contributed by atoms with Crippen LogP contribution in [0.2, 0.25) is 0 Å². The molecule has 0 aromatic carbocycles. The van der Waals surface area contributed by atoms with Gasteiger partial charge in [0, 0.05) is 18.8 Å². The van der Waals surface area contributed by atoms with Crippen molar-refractivity contribution in [1.82, 2.24) is 4.90 Å². The largest absolute Gasteiger partial charge is 0.375 e. The molecule has 92 valence electrons. The number of piperidine rings is 1. The van der Waals surface area contributed by atoms with Crippen LogP contribution < -0.4 is 0 Å². The third-order valence-corrected chi connectivity index (χ3v) is 4.14. The maximum atomic E-state index is 2.70. The van der Waals surface area contributed by atoms with Crippen LogP contribution in [-0.2, 0) is 0 Å². The molecular weight excluding hydrogens is 194 g/mol. The Balaban J connectivity index is 2.00. The van der Waals surface area contributed by atoms with Crippen molar-refractivity contribution in [3.8, 4) is 0 Å². The second kappa shape index (κ2) is 6.32. The molecular formula is C15H27N. The van der Waals surface area contributed by atoms with Crippen molar-refractivity contribution in [2.75, 3.05) is 13.1 Å². The second-order valence-corrected chi connectivity index (χ2v) is 5.45. The van der Waals surface area contributed by atoms with E-state index < -0.39 is 0 Å². The van der Waals surface area contributed by atoms with Crippen LogP contribution in [0.5, 0.6) is 0 Å². The second-order valence-electron chi connectivity index (χ2n) is 5.45. The molecule has 0 amide bonds. The molecule has 0 unspecified atom stereocenters. The Morgan fingerprint density at radius 2 is 1.75 bits per heavy atom. The average Bonchev–Trinajstić information content (AvgIpc) is 2.85. The fraction of sp³-hybridized carbons (Fsp3) is 0.867. The zero-order chi connectivity index (χ0) is 11.2. The molecule has 16 heavy (non-hydrogen) atoms. The van der Waals surface area contributed by atoms with E-state index in [1.54, 1.807) is 5.70 Å². The lowest BCUT2D eigenvalue weighted by Crippen LogP contribution is -2.31. The van der Waals surface area contributed by atoms with Gasteiger partial charge < -0.3 is 4.90 Å². The van der Waals surface area contributed by atoms with Gasteiger partial charge in [0.05, 0.1) is 0 Å². The van der Waals surface area contributed by atoms with Gasteiger partial charge in [0.25, 0.3) is 0 Å². The van der Waals surface area contributed by atoms with Gasteiger partial charge in [0.15, 0.2) is 0 Å². The normalized spacial score (nSPS) is 24.1. The number of allylic oxidation sites excluding steroid dienone is 2. The van der Waals surface area contributed by atoms with Gasteiger partial charge >= 0.3 is 0 Å². The summed E-state index contributed by atoms with van der Waals surface area (Å²) in [5, 5.41) is 0. The number of hydrogen-bond acceptors (Lipinski definition) is 1. The van der Waals surface area contributed by atoms with Gasteiger partial charge in [0.1, 0.15) is 0 Å². The van der Waals surface area contributed by atoms with E-state index in [1.807, 2.05) is 0 Å². The maximum Gasteiger partial charge on any atom is 0.0175 e. The highest BCUT2D eigenvalue weighted by Gasteiger charge is 2.24. The van der Waals surface area contributed by atoms with Crippen molar-refractivity contribution in [3.05, 3.63) is 11.8 Å². The monoisotopic (exact) mass is 221 g/mol. The Morgan fingerprint density at radius 1 is 1.06 bits per heavy atom. The van der Waals surface area contributed by atoms with Crippen LogP contribution in [0.25, 0.3) is 0 Å². The van der Waals surface area contributed by atoms with Crippen molar-refractivity contribution in [2.45, 2.75) is 64.7 Å². The molecule has 0 atom stereocenters. The molecule has 0 spiro atoms. The number of hydrogen-bond donors (Lipinski definition) is 0. The summed E-state index contributed by atoms with van der Waals surface area (Å²) in [6.07, 6.45) is 15.2. The van der Waals surface area contributed by atoms with Crippen molar-refractivity contribution in [2.24, 2.45) is 5.92 Å². The summed E-state index contributed by atoms with van der Waals surface area (Å²) in [6.45, 7) is 4.94. The highest BCUT2D eigenvalue weighted by atomic mass is 15.1. The summed E-state index contributed by atoms with van der Waals surface area (Å²) in [5.74, 6) is 0.907. The predicted octanol–water partition coefficient (Wildman–Crippen LogP) is 4.35. The fourth-order valence-corrected chi connectivity index (χ4v) is 3.22. The Morgan fingerprint density at radius 3 is 2.38 bits per heavy atom. The molecule has 1 saturated heterocycles. The van der Waals surface area contributed by atoms with E-state index in [-0.39, 0.29) is 0 Å². The van der Waals surface area contributed by atoms with Crippen molar-refractivity contribution >= 4 is 0 Å². The van der Waals surface area contributed by atoms with Crippen LogP contribution >= 0.6 is 0 Å². The molecule has 1 heterocycles. The van der Waals surface area contributed by atoms with Gasteiger partial charge in [-0.1, -0.05) is 32.3 Å². The Kier molecular flexibility index (Phi) is 4.74. The summed E-state index contributed by atoms with van der Waals surface area (Å²) in [6, 6.07) is 0. The summed E-state index contributed by atoms with van der Waals surface area (Å²) in [5.41, 5.74) is 1.72. The van der Waals surface area contributed by atoms with E-state index in [9.17, 15) is 0 Å². The van der Waals surface area contributed by atoms with E-state index in [4.69, 9.17) is 0 Å². The van der Waals surface area contributed by atoms with Gasteiger partial charge in [0.2, 0.25) is 0 Å². The van der Waals surface area contributed by atoms with E-state index >= 15 is 0 Å². The Labute approximate surface area is 101 Å². The SMILES string of the molecule is CCC/C=C(/C1CCCC1)N1CCCCC1. The zero-order valence-corrected chi connectivity index (χ0v) is 10.9. The number of rotatable bonds is 4. The third-order valence-electron chi connectivity index (χ3n) is 4.14.